The fourth-order valence-electron chi connectivity index (χ4n) is 3.19. The predicted octanol–water partition coefficient (Wildman–Crippen LogP) is 0.976. The number of nitrogens with one attached hydrogen (secondary N) is 2. The Labute approximate surface area is 161 Å². The zero-order valence-corrected chi connectivity index (χ0v) is 16.1. The molecule has 1 amide bonds. The van der Waals surface area contributed by atoms with E-state index >= 15 is 0 Å². The minimum Gasteiger partial charge on any atom is -0.354 e. The first-order valence-electron chi connectivity index (χ1n) is 9.26. The van der Waals surface area contributed by atoms with Crippen LogP contribution >= 0.6 is 0 Å². The van der Waals surface area contributed by atoms with Crippen LogP contribution in [0.1, 0.15) is 37.0 Å². The Balaban J connectivity index is 1.36. The molecule has 0 aliphatic carbocycles. The van der Waals surface area contributed by atoms with Gasteiger partial charge >= 0.3 is 0 Å². The first-order chi connectivity index (χ1) is 13.3. The van der Waals surface area contributed by atoms with Crippen LogP contribution in [0.5, 0.6) is 0 Å². The summed E-state index contributed by atoms with van der Waals surface area (Å²) in [4.78, 5) is 27.9. The zero-order chi connectivity index (χ0) is 19.9. The van der Waals surface area contributed by atoms with Gasteiger partial charge in [0.15, 0.2) is 11.5 Å². The molecular formula is C19H23N7O2. The molecule has 1 saturated heterocycles. The van der Waals surface area contributed by atoms with Crippen LogP contribution in [0.4, 0.5) is 5.82 Å². The van der Waals surface area contributed by atoms with Gasteiger partial charge in [-0.2, -0.15) is 4.52 Å². The minimum atomic E-state index is -0.224. The Morgan fingerprint density at radius 3 is 2.68 bits per heavy atom. The lowest BCUT2D eigenvalue weighted by Gasteiger charge is -2.40. The molecule has 3 aromatic heterocycles. The van der Waals surface area contributed by atoms with Gasteiger partial charge in [-0.15, -0.1) is 15.3 Å². The molecule has 9 nitrogen and oxygen atoms in total. The first-order valence-corrected chi connectivity index (χ1v) is 9.26. The number of amides is 1. The number of aromatic nitrogens is 5. The molecule has 0 radical (unpaired) electrons. The Bertz CT molecular complexity index is 1050. The van der Waals surface area contributed by atoms with Crippen LogP contribution in [0.3, 0.4) is 0 Å². The van der Waals surface area contributed by atoms with Crippen molar-refractivity contribution in [2.24, 2.45) is 5.92 Å². The van der Waals surface area contributed by atoms with Crippen molar-refractivity contribution >= 4 is 17.4 Å². The molecule has 0 spiro atoms. The smallest absolute Gasteiger partial charge is 0.252 e. The Kier molecular flexibility index (Phi) is 4.37. The van der Waals surface area contributed by atoms with E-state index in [1.54, 1.807) is 4.52 Å². The van der Waals surface area contributed by atoms with Gasteiger partial charge in [0, 0.05) is 43.2 Å². The predicted molar refractivity (Wildman–Crippen MR) is 105 cm³/mol. The van der Waals surface area contributed by atoms with Gasteiger partial charge in [0.25, 0.3) is 5.91 Å². The van der Waals surface area contributed by atoms with E-state index in [0.29, 0.717) is 18.0 Å². The van der Waals surface area contributed by atoms with E-state index in [4.69, 9.17) is 5.10 Å². The third-order valence-electron chi connectivity index (χ3n) is 4.80. The normalized spacial score (nSPS) is 14.9. The molecule has 9 heteroatoms. The summed E-state index contributed by atoms with van der Waals surface area (Å²) in [5.41, 5.74) is 0.816. The molecular weight excluding hydrogens is 358 g/mol. The molecule has 1 aliphatic rings. The summed E-state index contributed by atoms with van der Waals surface area (Å²) in [7, 11) is 0. The Hall–Kier alpha value is -3.23. The average molecular weight is 381 g/mol. The van der Waals surface area contributed by atoms with Crippen molar-refractivity contribution in [1.82, 2.24) is 30.1 Å². The van der Waals surface area contributed by atoms with Crippen molar-refractivity contribution in [3.63, 3.8) is 0 Å². The highest BCUT2D eigenvalue weighted by Gasteiger charge is 2.29. The van der Waals surface area contributed by atoms with E-state index in [2.05, 4.69) is 46.2 Å². The number of anilines is 1. The monoisotopic (exact) mass is 381 g/mol. The molecule has 0 saturated carbocycles. The maximum Gasteiger partial charge on any atom is 0.252 e. The summed E-state index contributed by atoms with van der Waals surface area (Å²) in [6.07, 6.45) is 1.43. The molecule has 3 aromatic rings. The fraction of sp³-hybridized carbons (Fsp3) is 0.421. The molecule has 4 rings (SSSR count). The van der Waals surface area contributed by atoms with Crippen molar-refractivity contribution < 1.29 is 4.79 Å². The van der Waals surface area contributed by atoms with Crippen LogP contribution in [0.25, 0.3) is 5.65 Å². The van der Waals surface area contributed by atoms with Crippen LogP contribution in [-0.2, 0) is 5.41 Å². The van der Waals surface area contributed by atoms with Gasteiger partial charge in [-0.05, 0) is 18.2 Å². The van der Waals surface area contributed by atoms with Gasteiger partial charge in [-0.3, -0.25) is 9.59 Å². The lowest BCUT2D eigenvalue weighted by Crippen LogP contribution is -2.52. The first kappa shape index (κ1) is 18.1. The van der Waals surface area contributed by atoms with Crippen LogP contribution < -0.4 is 15.8 Å². The molecule has 1 aliphatic heterocycles. The lowest BCUT2D eigenvalue weighted by molar-refractivity contribution is 0.0944. The molecule has 4 heterocycles. The highest BCUT2D eigenvalue weighted by atomic mass is 16.1. The largest absolute Gasteiger partial charge is 0.354 e. The van der Waals surface area contributed by atoms with Crippen molar-refractivity contribution in [2.45, 2.75) is 26.2 Å². The SMILES string of the molecule is CC(C)(C)c1nnc2ccc(N3CC(CNC(=O)c4ccc(=O)[nH]c4)C3)nn12. The number of hydrogen-bond donors (Lipinski definition) is 2. The molecule has 1 fully saturated rings. The quantitative estimate of drug-likeness (QED) is 0.697. The number of carbonyl (C=O) groups is 1. The second-order valence-corrected chi connectivity index (χ2v) is 8.16. The number of carbonyl (C=O) groups excluding carboxylic acids is 1. The van der Waals surface area contributed by atoms with Crippen molar-refractivity contribution in [1.29, 1.82) is 0 Å². The van der Waals surface area contributed by atoms with E-state index in [1.165, 1.54) is 18.3 Å². The van der Waals surface area contributed by atoms with Crippen molar-refractivity contribution in [2.75, 3.05) is 24.5 Å². The number of H-pyrrole nitrogens is 1. The second kappa shape index (κ2) is 6.74. The summed E-state index contributed by atoms with van der Waals surface area (Å²) in [6.45, 7) is 8.47. The molecule has 28 heavy (non-hydrogen) atoms. The van der Waals surface area contributed by atoms with E-state index in [1.807, 2.05) is 12.1 Å². The third-order valence-corrected chi connectivity index (χ3v) is 4.80. The second-order valence-electron chi connectivity index (χ2n) is 8.16. The lowest BCUT2D eigenvalue weighted by atomic mass is 9.96. The molecule has 0 bridgehead atoms. The molecule has 0 atom stereocenters. The van der Waals surface area contributed by atoms with Gasteiger partial charge < -0.3 is 15.2 Å². The fourth-order valence-corrected chi connectivity index (χ4v) is 3.19. The highest BCUT2D eigenvalue weighted by Crippen LogP contribution is 2.25. The Morgan fingerprint density at radius 1 is 1.21 bits per heavy atom. The van der Waals surface area contributed by atoms with Gasteiger partial charge in [0.05, 0.1) is 5.56 Å². The van der Waals surface area contributed by atoms with Crippen molar-refractivity contribution in [3.05, 3.63) is 52.2 Å². The summed E-state index contributed by atoms with van der Waals surface area (Å²) in [6, 6.07) is 6.74. The van der Waals surface area contributed by atoms with Crippen molar-refractivity contribution in [3.8, 4) is 0 Å². The summed E-state index contributed by atoms with van der Waals surface area (Å²) in [5, 5.41) is 16.1. The number of rotatable bonds is 4. The Morgan fingerprint density at radius 2 is 2.00 bits per heavy atom. The van der Waals surface area contributed by atoms with Gasteiger partial charge in [0.2, 0.25) is 5.56 Å². The topological polar surface area (TPSA) is 108 Å². The number of aromatic amines is 1. The van der Waals surface area contributed by atoms with Gasteiger partial charge in [-0.25, -0.2) is 0 Å². The van der Waals surface area contributed by atoms with E-state index in [-0.39, 0.29) is 16.9 Å². The average Bonchev–Trinajstić information content (AvgIpc) is 3.04. The number of nitrogens with zero attached hydrogens (tertiary/aromatic N) is 5. The maximum absolute atomic E-state index is 12.1. The number of hydrogen-bond acceptors (Lipinski definition) is 6. The summed E-state index contributed by atoms with van der Waals surface area (Å²) in [5.74, 6) is 1.87. The van der Waals surface area contributed by atoms with E-state index < -0.39 is 0 Å². The third kappa shape index (κ3) is 3.47. The van der Waals surface area contributed by atoms with Crippen LogP contribution in [0.2, 0.25) is 0 Å². The van der Waals surface area contributed by atoms with Gasteiger partial charge in [-0.1, -0.05) is 20.8 Å². The summed E-state index contributed by atoms with van der Waals surface area (Å²) >= 11 is 0. The van der Waals surface area contributed by atoms with E-state index in [9.17, 15) is 9.59 Å². The summed E-state index contributed by atoms with van der Waals surface area (Å²) < 4.78 is 1.81. The highest BCUT2D eigenvalue weighted by molar-refractivity contribution is 5.93. The number of pyridine rings is 1. The van der Waals surface area contributed by atoms with Crippen LogP contribution in [0, 0.1) is 5.92 Å². The zero-order valence-electron chi connectivity index (χ0n) is 16.1. The van der Waals surface area contributed by atoms with E-state index in [0.717, 1.165) is 30.4 Å². The maximum atomic E-state index is 12.1. The molecule has 0 unspecified atom stereocenters. The number of fused-ring (bicyclic) bond motifs is 1. The molecule has 146 valence electrons. The molecule has 0 aromatic carbocycles. The molecule has 2 N–H and O–H groups in total. The van der Waals surface area contributed by atoms with Crippen LogP contribution in [0.15, 0.2) is 35.3 Å². The van der Waals surface area contributed by atoms with Gasteiger partial charge in [0.1, 0.15) is 5.82 Å². The van der Waals surface area contributed by atoms with Crippen LogP contribution in [-0.4, -0.2) is 50.3 Å². The minimum absolute atomic E-state index is 0.144. The standard InChI is InChI=1S/C19H23N7O2/c1-19(2,3)18-23-22-14-5-6-15(24-26(14)18)25-10-12(11-25)8-21-17(28)13-4-7-16(27)20-9-13/h4-7,9,12H,8,10-11H2,1-3H3,(H,20,27)(H,21,28).